The highest BCUT2D eigenvalue weighted by atomic mass is 35.5. The summed E-state index contributed by atoms with van der Waals surface area (Å²) in [6, 6.07) is 5.89. The number of hydrogen-bond donors (Lipinski definition) is 2. The molecule has 8 heteroatoms. The number of halogens is 1. The van der Waals surface area contributed by atoms with Crippen LogP contribution in [0.25, 0.3) is 0 Å². The van der Waals surface area contributed by atoms with Crippen molar-refractivity contribution in [3.63, 3.8) is 0 Å². The van der Waals surface area contributed by atoms with Crippen molar-refractivity contribution in [2.45, 2.75) is 24.0 Å². The second-order valence-electron chi connectivity index (χ2n) is 4.76. The lowest BCUT2D eigenvalue weighted by molar-refractivity contribution is 0.146. The number of sulfonamides is 1. The Morgan fingerprint density at radius 1 is 1.33 bits per heavy atom. The van der Waals surface area contributed by atoms with Gasteiger partial charge in [-0.05, 0) is 24.6 Å². The minimum atomic E-state index is -3.72. The molecule has 21 heavy (non-hydrogen) atoms. The van der Waals surface area contributed by atoms with Crippen molar-refractivity contribution >= 4 is 21.6 Å². The average Bonchev–Trinajstić information content (AvgIpc) is 2.86. The summed E-state index contributed by atoms with van der Waals surface area (Å²) in [5.74, 6) is 0. The van der Waals surface area contributed by atoms with E-state index < -0.39 is 22.2 Å². The zero-order chi connectivity index (χ0) is 15.6. The van der Waals surface area contributed by atoms with E-state index in [1.165, 1.54) is 17.1 Å². The van der Waals surface area contributed by atoms with Crippen LogP contribution in [0.5, 0.6) is 0 Å². The van der Waals surface area contributed by atoms with Crippen molar-refractivity contribution in [2.24, 2.45) is 7.05 Å². The van der Waals surface area contributed by atoms with E-state index in [9.17, 15) is 13.5 Å². The summed E-state index contributed by atoms with van der Waals surface area (Å²) in [6.07, 6.45) is 1.67. The molecule has 0 aliphatic rings. The van der Waals surface area contributed by atoms with Crippen LogP contribution in [0.4, 0.5) is 0 Å². The molecule has 114 valence electrons. The minimum absolute atomic E-state index is 0.0557. The van der Waals surface area contributed by atoms with Gasteiger partial charge in [0.25, 0.3) is 0 Å². The second-order valence-corrected chi connectivity index (χ2v) is 6.91. The van der Waals surface area contributed by atoms with E-state index in [-0.39, 0.29) is 4.90 Å². The third kappa shape index (κ3) is 3.82. The van der Waals surface area contributed by atoms with E-state index in [0.717, 1.165) is 0 Å². The number of nitrogens with zero attached hydrogens (tertiary/aromatic N) is 2. The van der Waals surface area contributed by atoms with Gasteiger partial charge in [-0.2, -0.15) is 5.10 Å². The Labute approximate surface area is 128 Å². The molecule has 0 saturated heterocycles. The fourth-order valence-corrected chi connectivity index (χ4v) is 3.22. The number of aliphatic hydroxyl groups excluding tert-OH is 1. The molecule has 2 N–H and O–H groups in total. The Morgan fingerprint density at radius 3 is 2.48 bits per heavy atom. The fraction of sp³-hybridized carbons (Fsp3) is 0.308. The first-order valence-corrected chi connectivity index (χ1v) is 8.10. The van der Waals surface area contributed by atoms with Gasteiger partial charge in [-0.15, -0.1) is 0 Å². The molecule has 2 atom stereocenters. The van der Waals surface area contributed by atoms with E-state index in [4.69, 9.17) is 11.6 Å². The first-order chi connectivity index (χ1) is 9.79. The lowest BCUT2D eigenvalue weighted by atomic mass is 10.0. The summed E-state index contributed by atoms with van der Waals surface area (Å²) in [7, 11) is -2.09. The molecular weight excluding hydrogens is 314 g/mol. The molecule has 0 fully saturated rings. The lowest BCUT2D eigenvalue weighted by Crippen LogP contribution is -2.36. The van der Waals surface area contributed by atoms with Gasteiger partial charge in [-0.3, -0.25) is 4.68 Å². The van der Waals surface area contributed by atoms with Crippen LogP contribution in [-0.4, -0.2) is 29.3 Å². The topological polar surface area (TPSA) is 84.2 Å². The quantitative estimate of drug-likeness (QED) is 0.870. The van der Waals surface area contributed by atoms with Gasteiger partial charge in [0.05, 0.1) is 12.3 Å². The molecule has 1 heterocycles. The largest absolute Gasteiger partial charge is 0.387 e. The average molecular weight is 330 g/mol. The van der Waals surface area contributed by atoms with Gasteiger partial charge in [-0.25, -0.2) is 13.1 Å². The monoisotopic (exact) mass is 329 g/mol. The maximum absolute atomic E-state index is 12.1. The lowest BCUT2D eigenvalue weighted by Gasteiger charge is -2.20. The zero-order valence-corrected chi connectivity index (χ0v) is 13.1. The number of aromatic nitrogens is 2. The zero-order valence-electron chi connectivity index (χ0n) is 11.6. The van der Waals surface area contributed by atoms with Crippen LogP contribution in [0.1, 0.15) is 18.6 Å². The van der Waals surface area contributed by atoms with E-state index in [0.29, 0.717) is 10.6 Å². The number of rotatable bonds is 5. The van der Waals surface area contributed by atoms with Gasteiger partial charge < -0.3 is 5.11 Å². The molecule has 1 aromatic carbocycles. The van der Waals surface area contributed by atoms with Gasteiger partial charge >= 0.3 is 0 Å². The number of nitrogens with one attached hydrogen (secondary N) is 1. The van der Waals surface area contributed by atoms with Gasteiger partial charge in [0.2, 0.25) is 10.0 Å². The Bertz CT molecular complexity index is 713. The van der Waals surface area contributed by atoms with E-state index in [2.05, 4.69) is 9.82 Å². The highest BCUT2D eigenvalue weighted by Crippen LogP contribution is 2.20. The van der Waals surface area contributed by atoms with Crippen LogP contribution >= 0.6 is 11.6 Å². The van der Waals surface area contributed by atoms with Crippen LogP contribution < -0.4 is 4.72 Å². The van der Waals surface area contributed by atoms with Gasteiger partial charge in [-0.1, -0.05) is 23.7 Å². The maximum Gasteiger partial charge on any atom is 0.244 e. The van der Waals surface area contributed by atoms with Crippen LogP contribution in [-0.2, 0) is 17.1 Å². The molecule has 0 bridgehead atoms. The molecule has 0 aliphatic heterocycles. The molecule has 2 rings (SSSR count). The molecule has 0 amide bonds. The molecule has 2 aromatic rings. The third-order valence-corrected chi connectivity index (χ3v) is 4.78. The molecule has 0 aliphatic carbocycles. The number of hydrogen-bond acceptors (Lipinski definition) is 4. The van der Waals surface area contributed by atoms with Crippen LogP contribution in [0, 0.1) is 0 Å². The Morgan fingerprint density at radius 2 is 1.95 bits per heavy atom. The third-order valence-electron chi connectivity index (χ3n) is 3.02. The number of benzene rings is 1. The molecule has 0 unspecified atom stereocenters. The highest BCUT2D eigenvalue weighted by molar-refractivity contribution is 7.89. The molecule has 6 nitrogen and oxygen atoms in total. The SMILES string of the molecule is C[C@H](NS(=O)(=O)c1cnn(C)c1)[C@H](O)c1ccc(Cl)cc1. The Hall–Kier alpha value is -1.41. The fourth-order valence-electron chi connectivity index (χ4n) is 1.86. The van der Waals surface area contributed by atoms with Gasteiger partial charge in [0, 0.05) is 24.3 Å². The van der Waals surface area contributed by atoms with Crippen molar-refractivity contribution in [2.75, 3.05) is 0 Å². The van der Waals surface area contributed by atoms with Crippen molar-refractivity contribution in [1.29, 1.82) is 0 Å². The van der Waals surface area contributed by atoms with E-state index in [1.807, 2.05) is 0 Å². The number of aliphatic hydroxyl groups is 1. The minimum Gasteiger partial charge on any atom is -0.387 e. The summed E-state index contributed by atoms with van der Waals surface area (Å²) in [4.78, 5) is 0.0557. The molecule has 1 aromatic heterocycles. The summed E-state index contributed by atoms with van der Waals surface area (Å²) in [5.41, 5.74) is 0.584. The van der Waals surface area contributed by atoms with Crippen molar-refractivity contribution in [3.05, 3.63) is 47.2 Å². The summed E-state index contributed by atoms with van der Waals surface area (Å²) in [5, 5.41) is 14.6. The first kappa shape index (κ1) is 16.0. The predicted octanol–water partition coefficient (Wildman–Crippen LogP) is 1.47. The Kier molecular flexibility index (Phi) is 4.67. The first-order valence-electron chi connectivity index (χ1n) is 6.24. The summed E-state index contributed by atoms with van der Waals surface area (Å²) >= 11 is 5.78. The van der Waals surface area contributed by atoms with Crippen molar-refractivity contribution in [1.82, 2.24) is 14.5 Å². The van der Waals surface area contributed by atoms with Crippen LogP contribution in [0.2, 0.25) is 5.02 Å². The molecular formula is C13H16ClN3O3S. The van der Waals surface area contributed by atoms with Crippen LogP contribution in [0.3, 0.4) is 0 Å². The van der Waals surface area contributed by atoms with Gasteiger partial charge in [0.15, 0.2) is 0 Å². The van der Waals surface area contributed by atoms with Crippen LogP contribution in [0.15, 0.2) is 41.6 Å². The highest BCUT2D eigenvalue weighted by Gasteiger charge is 2.24. The Balaban J connectivity index is 2.13. The molecule has 0 saturated carbocycles. The smallest absolute Gasteiger partial charge is 0.244 e. The summed E-state index contributed by atoms with van der Waals surface area (Å²) in [6.45, 7) is 1.59. The maximum atomic E-state index is 12.1. The van der Waals surface area contributed by atoms with Crippen molar-refractivity contribution in [3.8, 4) is 0 Å². The van der Waals surface area contributed by atoms with E-state index in [1.54, 1.807) is 38.2 Å². The second kappa shape index (κ2) is 6.15. The molecule has 0 spiro atoms. The normalized spacial score (nSPS) is 14.9. The van der Waals surface area contributed by atoms with Crippen molar-refractivity contribution < 1.29 is 13.5 Å². The number of aryl methyl sites for hydroxylation is 1. The predicted molar refractivity (Wildman–Crippen MR) is 79.4 cm³/mol. The molecule has 0 radical (unpaired) electrons. The van der Waals surface area contributed by atoms with Gasteiger partial charge in [0.1, 0.15) is 4.90 Å². The summed E-state index contributed by atoms with van der Waals surface area (Å²) < 4.78 is 28.1. The van der Waals surface area contributed by atoms with E-state index >= 15 is 0 Å². The standard InChI is InChI=1S/C13H16ClN3O3S/c1-9(13(18)10-3-5-11(14)6-4-10)16-21(19,20)12-7-15-17(2)8-12/h3-9,13,16,18H,1-2H3/t9-,13-/m0/s1.